The maximum absolute atomic E-state index is 6.44. The van der Waals surface area contributed by atoms with Gasteiger partial charge in [-0.3, -0.25) is 0 Å². The Morgan fingerprint density at radius 2 is 0.962 bits per heavy atom. The lowest BCUT2D eigenvalue weighted by Gasteiger charge is -2.27. The summed E-state index contributed by atoms with van der Waals surface area (Å²) in [7, 11) is 0. The van der Waals surface area contributed by atoms with Crippen LogP contribution in [0.15, 0.2) is 180 Å². The number of rotatable bonds is 4. The van der Waals surface area contributed by atoms with Gasteiger partial charge in [0.25, 0.3) is 0 Å². The van der Waals surface area contributed by atoms with E-state index in [9.17, 15) is 0 Å². The van der Waals surface area contributed by atoms with Crippen molar-refractivity contribution in [1.29, 1.82) is 0 Å². The van der Waals surface area contributed by atoms with Gasteiger partial charge in [0.1, 0.15) is 11.2 Å². The zero-order valence-corrected chi connectivity index (χ0v) is 28.0. The fourth-order valence-corrected chi connectivity index (χ4v) is 8.84. The Morgan fingerprint density at radius 3 is 1.73 bits per heavy atom. The largest absolute Gasteiger partial charge is 0.456 e. The van der Waals surface area contributed by atoms with Gasteiger partial charge in [0.2, 0.25) is 0 Å². The second-order valence-corrected chi connectivity index (χ2v) is 13.7. The van der Waals surface area contributed by atoms with E-state index in [2.05, 4.69) is 184 Å². The van der Waals surface area contributed by atoms with Gasteiger partial charge in [-0.25, -0.2) is 0 Å². The second-order valence-electron chi connectivity index (χ2n) is 13.7. The molecule has 0 radical (unpaired) electrons. The first-order valence-corrected chi connectivity index (χ1v) is 17.8. The molecule has 0 aliphatic rings. The minimum atomic E-state index is 0.870. The van der Waals surface area contributed by atoms with Crippen molar-refractivity contribution in [2.75, 3.05) is 4.90 Å². The van der Waals surface area contributed by atoms with Crippen LogP contribution in [-0.4, -0.2) is 8.80 Å². The number of hydrogen-bond acceptors (Lipinski definition) is 2. The normalized spacial score (nSPS) is 12.2. The predicted molar refractivity (Wildman–Crippen MR) is 217 cm³/mol. The van der Waals surface area contributed by atoms with Crippen molar-refractivity contribution in [3.05, 3.63) is 176 Å². The highest BCUT2D eigenvalue weighted by Crippen LogP contribution is 2.46. The molecule has 4 heteroatoms. The molecular formula is C48H29N3O. The summed E-state index contributed by atoms with van der Waals surface area (Å²) in [4.78, 5) is 2.41. The molecule has 4 nitrogen and oxygen atoms in total. The number of nitrogens with zero attached hydrogens (tertiary/aromatic N) is 3. The SMILES string of the molecule is c1ccc(-c2cccc(N(c3ccc4c(c3)n3c5ccccc5c5ccc6c7ccccc7n4c6c53)c3cccc4oc5ccccc5c34)c2)cc1. The Bertz CT molecular complexity index is 3360. The third-order valence-corrected chi connectivity index (χ3v) is 11.0. The molecule has 0 unspecified atom stereocenters. The van der Waals surface area contributed by atoms with Gasteiger partial charge in [-0.2, -0.15) is 0 Å². The Morgan fingerprint density at radius 1 is 0.365 bits per heavy atom. The molecule has 0 fully saturated rings. The number of para-hydroxylation sites is 3. The van der Waals surface area contributed by atoms with E-state index >= 15 is 0 Å². The van der Waals surface area contributed by atoms with E-state index in [4.69, 9.17) is 4.42 Å². The van der Waals surface area contributed by atoms with Gasteiger partial charge in [-0.15, -0.1) is 0 Å². The lowest BCUT2D eigenvalue weighted by atomic mass is 10.0. The monoisotopic (exact) mass is 663 g/mol. The molecule has 0 aliphatic heterocycles. The van der Waals surface area contributed by atoms with Crippen molar-refractivity contribution in [3.8, 4) is 11.1 Å². The molecule has 4 heterocycles. The maximum Gasteiger partial charge on any atom is 0.137 e. The molecule has 0 spiro atoms. The summed E-state index contributed by atoms with van der Waals surface area (Å²) in [6.07, 6.45) is 0. The standard InChI is InChI=1S/C48H29N3O/c1-2-12-30(13-3-1)31-14-10-15-32(28-31)49(42-21-11-23-45-46(42)38-18-6-9-22-44(38)52-45)33-24-27-41-43(29-33)51-40-20-8-5-17-35(40)37-26-25-36-34-16-4-7-19-39(34)50(41)47(36)48(37)51/h1-29H. The highest BCUT2D eigenvalue weighted by molar-refractivity contribution is 6.25. The fraction of sp³-hybridized carbons (Fsp3) is 0. The topological polar surface area (TPSA) is 25.2 Å². The van der Waals surface area contributed by atoms with E-state index in [0.29, 0.717) is 0 Å². The zero-order valence-electron chi connectivity index (χ0n) is 28.0. The Balaban J connectivity index is 1.23. The number of hydrogen-bond donors (Lipinski definition) is 0. The molecular weight excluding hydrogens is 635 g/mol. The summed E-state index contributed by atoms with van der Waals surface area (Å²) in [5, 5.41) is 7.27. The van der Waals surface area contributed by atoms with E-state index in [-0.39, 0.29) is 0 Å². The van der Waals surface area contributed by atoms with E-state index in [1.54, 1.807) is 0 Å². The first kappa shape index (κ1) is 27.7. The smallest absolute Gasteiger partial charge is 0.137 e. The van der Waals surface area contributed by atoms with Crippen LogP contribution in [0.1, 0.15) is 0 Å². The molecule has 4 aromatic heterocycles. The maximum atomic E-state index is 6.44. The van der Waals surface area contributed by atoms with Crippen LogP contribution < -0.4 is 4.90 Å². The molecule has 0 amide bonds. The van der Waals surface area contributed by atoms with Gasteiger partial charge in [0.05, 0.1) is 44.2 Å². The highest BCUT2D eigenvalue weighted by Gasteiger charge is 2.24. The number of benzene rings is 8. The van der Waals surface area contributed by atoms with Crippen LogP contribution in [0.5, 0.6) is 0 Å². The number of aromatic nitrogens is 2. The van der Waals surface area contributed by atoms with Gasteiger partial charge in [0, 0.05) is 38.3 Å². The predicted octanol–water partition coefficient (Wildman–Crippen LogP) is 13.3. The van der Waals surface area contributed by atoms with Crippen molar-refractivity contribution in [2.24, 2.45) is 0 Å². The van der Waals surface area contributed by atoms with Crippen molar-refractivity contribution in [2.45, 2.75) is 0 Å². The highest BCUT2D eigenvalue weighted by atomic mass is 16.3. The molecule has 0 N–H and O–H groups in total. The molecule has 8 aromatic carbocycles. The Labute approximate surface area is 297 Å². The van der Waals surface area contributed by atoms with E-state index < -0.39 is 0 Å². The molecule has 0 bridgehead atoms. The number of anilines is 3. The van der Waals surface area contributed by atoms with E-state index in [1.807, 2.05) is 6.07 Å². The molecule has 12 rings (SSSR count). The molecule has 12 aromatic rings. The molecule has 0 saturated heterocycles. The summed E-state index contributed by atoms with van der Waals surface area (Å²) >= 11 is 0. The third kappa shape index (κ3) is 3.65. The number of furan rings is 1. The molecule has 0 atom stereocenters. The van der Waals surface area contributed by atoms with Crippen molar-refractivity contribution in [3.63, 3.8) is 0 Å². The van der Waals surface area contributed by atoms with Crippen molar-refractivity contribution < 1.29 is 4.42 Å². The van der Waals surface area contributed by atoms with Crippen LogP contribution in [0.2, 0.25) is 0 Å². The van der Waals surface area contributed by atoms with E-state index in [1.165, 1.54) is 60.3 Å². The Kier molecular flexibility index (Phi) is 5.47. The molecule has 242 valence electrons. The third-order valence-electron chi connectivity index (χ3n) is 11.0. The lowest BCUT2D eigenvalue weighted by Crippen LogP contribution is -2.11. The quantitative estimate of drug-likeness (QED) is 0.175. The van der Waals surface area contributed by atoms with Crippen LogP contribution >= 0.6 is 0 Å². The second kappa shape index (κ2) is 10.3. The fourth-order valence-electron chi connectivity index (χ4n) is 8.84. The first-order valence-electron chi connectivity index (χ1n) is 17.8. The van der Waals surface area contributed by atoms with Crippen molar-refractivity contribution in [1.82, 2.24) is 8.80 Å². The first-order chi connectivity index (χ1) is 25.8. The summed E-state index contributed by atoms with van der Waals surface area (Å²) in [5.74, 6) is 0. The van der Waals surface area contributed by atoms with Gasteiger partial charge < -0.3 is 18.1 Å². The number of fused-ring (bicyclic) bond motifs is 12. The lowest BCUT2D eigenvalue weighted by molar-refractivity contribution is 0.669. The van der Waals surface area contributed by atoms with Crippen LogP contribution in [0.3, 0.4) is 0 Å². The summed E-state index contributed by atoms with van der Waals surface area (Å²) < 4.78 is 11.4. The van der Waals surface area contributed by atoms with Gasteiger partial charge in [-0.05, 0) is 71.8 Å². The minimum absolute atomic E-state index is 0.870. The van der Waals surface area contributed by atoms with Gasteiger partial charge in [0.15, 0.2) is 0 Å². The molecule has 52 heavy (non-hydrogen) atoms. The summed E-state index contributed by atoms with van der Waals surface area (Å²) in [5.41, 5.74) is 14.6. The molecule has 0 aliphatic carbocycles. The zero-order chi connectivity index (χ0) is 33.9. The van der Waals surface area contributed by atoms with Crippen LogP contribution in [0.4, 0.5) is 17.1 Å². The van der Waals surface area contributed by atoms with Gasteiger partial charge in [-0.1, -0.05) is 115 Å². The Hall–Kier alpha value is -7.04. The van der Waals surface area contributed by atoms with Crippen molar-refractivity contribution >= 4 is 93.6 Å². The average Bonchev–Trinajstić information content (AvgIpc) is 3.87. The summed E-state index contributed by atoms with van der Waals surface area (Å²) in [6.45, 7) is 0. The van der Waals surface area contributed by atoms with Crippen LogP contribution in [0, 0.1) is 0 Å². The molecule has 0 saturated carbocycles. The average molecular weight is 664 g/mol. The van der Waals surface area contributed by atoms with Crippen LogP contribution in [0.25, 0.3) is 87.7 Å². The minimum Gasteiger partial charge on any atom is -0.456 e. The van der Waals surface area contributed by atoms with Gasteiger partial charge >= 0.3 is 0 Å². The van der Waals surface area contributed by atoms with E-state index in [0.717, 1.165) is 44.5 Å². The van der Waals surface area contributed by atoms with Crippen LogP contribution in [-0.2, 0) is 0 Å². The summed E-state index contributed by atoms with van der Waals surface area (Å²) in [6, 6.07) is 63.5.